The second kappa shape index (κ2) is 11.1. The molecule has 6 heteroatoms. The van der Waals surface area contributed by atoms with Crippen molar-refractivity contribution < 1.29 is 29.2 Å². The zero-order valence-corrected chi connectivity index (χ0v) is 13.5. The molecule has 0 radical (unpaired) electrons. The van der Waals surface area contributed by atoms with Crippen LogP contribution >= 0.6 is 0 Å². The molecule has 0 aromatic heterocycles. The highest BCUT2D eigenvalue weighted by molar-refractivity contribution is 5.85. The average molecular weight is 332 g/mol. The summed E-state index contributed by atoms with van der Waals surface area (Å²) in [6, 6.07) is 1.34. The molecular formula is C18H20O6. The van der Waals surface area contributed by atoms with Gasteiger partial charge in [0.2, 0.25) is 0 Å². The molecule has 0 saturated carbocycles. The van der Waals surface area contributed by atoms with Crippen LogP contribution in [0.3, 0.4) is 0 Å². The molecule has 1 aromatic carbocycles. The number of carbonyl (C=O) groups is 1. The van der Waals surface area contributed by atoms with Crippen molar-refractivity contribution in [1.29, 1.82) is 0 Å². The van der Waals surface area contributed by atoms with Gasteiger partial charge in [-0.25, -0.2) is 0 Å². The molecule has 0 spiro atoms. The number of phenols is 2. The van der Waals surface area contributed by atoms with Crippen molar-refractivity contribution in [2.75, 3.05) is 39.6 Å². The van der Waals surface area contributed by atoms with Gasteiger partial charge in [0.05, 0.1) is 32.0 Å². The number of carbonyl (C=O) groups excluding carboxylic acids is 1. The van der Waals surface area contributed by atoms with Gasteiger partial charge >= 0.3 is 0 Å². The van der Waals surface area contributed by atoms with Gasteiger partial charge in [-0.2, -0.15) is 0 Å². The van der Waals surface area contributed by atoms with Crippen molar-refractivity contribution in [1.82, 2.24) is 0 Å². The Morgan fingerprint density at radius 1 is 1.12 bits per heavy atom. The maximum atomic E-state index is 11.0. The highest BCUT2D eigenvalue weighted by Crippen LogP contribution is 2.31. The molecule has 0 aliphatic carbocycles. The Bertz CT molecular complexity index is 648. The summed E-state index contributed by atoms with van der Waals surface area (Å²) in [7, 11) is 0. The number of benzene rings is 1. The number of aldehydes is 1. The molecule has 0 aliphatic rings. The number of hydrogen-bond acceptors (Lipinski definition) is 6. The van der Waals surface area contributed by atoms with Crippen LogP contribution < -0.4 is 0 Å². The summed E-state index contributed by atoms with van der Waals surface area (Å²) < 4.78 is 15.5. The summed E-state index contributed by atoms with van der Waals surface area (Å²) in [6.45, 7) is 3.52. The molecule has 24 heavy (non-hydrogen) atoms. The molecular weight excluding hydrogens is 312 g/mol. The third-order valence-electron chi connectivity index (χ3n) is 3.01. The molecule has 0 unspecified atom stereocenters. The molecule has 1 rings (SSSR count). The minimum absolute atomic E-state index is 0.0492. The maximum absolute atomic E-state index is 11.0. The van der Waals surface area contributed by atoms with Crippen molar-refractivity contribution in [3.63, 3.8) is 0 Å². The first-order valence-corrected chi connectivity index (χ1v) is 7.28. The van der Waals surface area contributed by atoms with Crippen LogP contribution in [-0.2, 0) is 14.2 Å². The van der Waals surface area contributed by atoms with Crippen LogP contribution in [0, 0.1) is 31.1 Å². The molecule has 128 valence electrons. The van der Waals surface area contributed by atoms with E-state index < -0.39 is 0 Å². The minimum atomic E-state index is -0.268. The third-order valence-corrected chi connectivity index (χ3v) is 3.01. The number of hydrogen-bond donors (Lipinski definition) is 2. The van der Waals surface area contributed by atoms with E-state index >= 15 is 0 Å². The van der Waals surface area contributed by atoms with Gasteiger partial charge in [0.25, 0.3) is 0 Å². The Morgan fingerprint density at radius 3 is 2.38 bits per heavy atom. The topological polar surface area (TPSA) is 85.2 Å². The van der Waals surface area contributed by atoms with E-state index in [0.717, 1.165) is 0 Å². The second-order valence-corrected chi connectivity index (χ2v) is 4.67. The van der Waals surface area contributed by atoms with Gasteiger partial charge in [0.1, 0.15) is 24.7 Å². The SMILES string of the molecule is C#CCOCCOCCOCC#Cc1cc(O)c(C)c(O)c1C=O. The summed E-state index contributed by atoms with van der Waals surface area (Å²) in [5.41, 5.74) is 0.534. The predicted octanol–water partition coefficient (Wildman–Crippen LogP) is 1.25. The summed E-state index contributed by atoms with van der Waals surface area (Å²) in [5.74, 6) is 7.37. The number of phenolic OH excluding ortho intramolecular Hbond substituents is 2. The van der Waals surface area contributed by atoms with Crippen LogP contribution in [-0.4, -0.2) is 56.1 Å². The van der Waals surface area contributed by atoms with Gasteiger partial charge in [0, 0.05) is 11.1 Å². The lowest BCUT2D eigenvalue weighted by Crippen LogP contribution is -2.09. The molecule has 0 saturated heterocycles. The zero-order chi connectivity index (χ0) is 17.8. The van der Waals surface area contributed by atoms with Crippen LogP contribution in [0.5, 0.6) is 11.5 Å². The summed E-state index contributed by atoms with van der Waals surface area (Å²) >= 11 is 0. The smallest absolute Gasteiger partial charge is 0.155 e. The van der Waals surface area contributed by atoms with Gasteiger partial charge in [0.15, 0.2) is 6.29 Å². The fourth-order valence-electron chi connectivity index (χ4n) is 1.72. The summed E-state index contributed by atoms with van der Waals surface area (Å²) in [6.07, 6.45) is 5.53. The van der Waals surface area contributed by atoms with E-state index in [2.05, 4.69) is 17.8 Å². The number of ether oxygens (including phenoxy) is 3. The first kappa shape index (κ1) is 19.5. The fourth-order valence-corrected chi connectivity index (χ4v) is 1.72. The summed E-state index contributed by atoms with van der Waals surface area (Å²) in [4.78, 5) is 11.0. The van der Waals surface area contributed by atoms with E-state index in [0.29, 0.717) is 32.7 Å². The Hall–Kier alpha value is -2.51. The minimum Gasteiger partial charge on any atom is -0.507 e. The molecule has 0 fully saturated rings. The van der Waals surface area contributed by atoms with E-state index in [-0.39, 0.29) is 41.4 Å². The standard InChI is InChI=1S/C18H20O6/c1-3-6-22-8-10-24-11-9-23-7-4-5-15-12-17(20)14(2)18(21)16(15)13-19/h1,12-13,20-21H,6-11H2,2H3. The van der Waals surface area contributed by atoms with E-state index in [9.17, 15) is 15.0 Å². The zero-order valence-electron chi connectivity index (χ0n) is 13.5. The Balaban J connectivity index is 2.35. The molecule has 0 amide bonds. The Morgan fingerprint density at radius 2 is 1.75 bits per heavy atom. The summed E-state index contributed by atoms with van der Waals surface area (Å²) in [5, 5.41) is 19.5. The lowest BCUT2D eigenvalue weighted by Gasteiger charge is -2.06. The van der Waals surface area contributed by atoms with E-state index in [4.69, 9.17) is 20.6 Å². The van der Waals surface area contributed by atoms with Gasteiger partial charge < -0.3 is 24.4 Å². The van der Waals surface area contributed by atoms with Crippen LogP contribution in [0.2, 0.25) is 0 Å². The molecule has 1 aromatic rings. The number of aromatic hydroxyl groups is 2. The fraction of sp³-hybridized carbons (Fsp3) is 0.389. The molecule has 0 aliphatic heterocycles. The van der Waals surface area contributed by atoms with E-state index in [1.54, 1.807) is 0 Å². The quantitative estimate of drug-likeness (QED) is 0.402. The van der Waals surface area contributed by atoms with E-state index in [1.165, 1.54) is 13.0 Å². The third kappa shape index (κ3) is 6.31. The number of rotatable bonds is 9. The van der Waals surface area contributed by atoms with Gasteiger partial charge in [-0.15, -0.1) is 6.42 Å². The first-order valence-electron chi connectivity index (χ1n) is 7.28. The van der Waals surface area contributed by atoms with Crippen molar-refractivity contribution >= 4 is 6.29 Å². The van der Waals surface area contributed by atoms with Gasteiger partial charge in [-0.05, 0) is 13.0 Å². The normalized spacial score (nSPS) is 9.83. The maximum Gasteiger partial charge on any atom is 0.155 e. The lowest BCUT2D eigenvalue weighted by molar-refractivity contribution is 0.0270. The average Bonchev–Trinajstić information content (AvgIpc) is 2.58. The van der Waals surface area contributed by atoms with Gasteiger partial charge in [-0.1, -0.05) is 17.8 Å². The van der Waals surface area contributed by atoms with Crippen molar-refractivity contribution in [2.45, 2.75) is 6.92 Å². The highest BCUT2D eigenvalue weighted by atomic mass is 16.5. The number of terminal acetylenes is 1. The van der Waals surface area contributed by atoms with Gasteiger partial charge in [-0.3, -0.25) is 4.79 Å². The molecule has 0 heterocycles. The lowest BCUT2D eigenvalue weighted by atomic mass is 10.0. The van der Waals surface area contributed by atoms with Crippen LogP contribution in [0.1, 0.15) is 21.5 Å². The Labute approximate surface area is 141 Å². The largest absolute Gasteiger partial charge is 0.507 e. The van der Waals surface area contributed by atoms with Crippen molar-refractivity contribution in [2.24, 2.45) is 0 Å². The second-order valence-electron chi connectivity index (χ2n) is 4.67. The van der Waals surface area contributed by atoms with Crippen LogP contribution in [0.25, 0.3) is 0 Å². The highest BCUT2D eigenvalue weighted by Gasteiger charge is 2.12. The van der Waals surface area contributed by atoms with Crippen molar-refractivity contribution in [3.8, 4) is 35.7 Å². The molecule has 2 N–H and O–H groups in total. The van der Waals surface area contributed by atoms with Crippen LogP contribution in [0.4, 0.5) is 0 Å². The molecule has 0 atom stereocenters. The molecule has 6 nitrogen and oxygen atoms in total. The molecule has 0 bridgehead atoms. The Kier molecular flexibility index (Phi) is 9.03. The first-order chi connectivity index (χ1) is 11.6. The van der Waals surface area contributed by atoms with E-state index in [1.807, 2.05) is 0 Å². The van der Waals surface area contributed by atoms with Crippen molar-refractivity contribution in [3.05, 3.63) is 22.8 Å². The predicted molar refractivity (Wildman–Crippen MR) is 88.1 cm³/mol. The van der Waals surface area contributed by atoms with Crippen LogP contribution in [0.15, 0.2) is 6.07 Å². The monoisotopic (exact) mass is 332 g/mol.